The fourth-order valence-electron chi connectivity index (χ4n) is 1.85. The first kappa shape index (κ1) is 14.9. The summed E-state index contributed by atoms with van der Waals surface area (Å²) in [7, 11) is -3.30. The van der Waals surface area contributed by atoms with Gasteiger partial charge in [0.25, 0.3) is 0 Å². The predicted molar refractivity (Wildman–Crippen MR) is 74.1 cm³/mol. The molecule has 1 heterocycles. The molecule has 0 amide bonds. The lowest BCUT2D eigenvalue weighted by Gasteiger charge is -2.23. The van der Waals surface area contributed by atoms with E-state index in [1.807, 2.05) is 19.6 Å². The summed E-state index contributed by atoms with van der Waals surface area (Å²) >= 11 is 0. The monoisotopic (exact) mass is 275 g/mol. The van der Waals surface area contributed by atoms with Crippen molar-refractivity contribution in [2.45, 2.75) is 57.8 Å². The topological polar surface area (TPSA) is 47.6 Å². The van der Waals surface area contributed by atoms with Crippen LogP contribution in [-0.4, -0.2) is 41.3 Å². The highest BCUT2D eigenvalue weighted by Gasteiger charge is 2.35. The maximum absolute atomic E-state index is 11.9. The number of nitrogens with one attached hydrogen (secondary N) is 1. The Labute approximate surface area is 106 Å². The van der Waals surface area contributed by atoms with Crippen molar-refractivity contribution in [1.29, 1.82) is 0 Å². The summed E-state index contributed by atoms with van der Waals surface area (Å²) in [6.45, 7) is 13.3. The van der Waals surface area contributed by atoms with E-state index >= 15 is 0 Å². The van der Waals surface area contributed by atoms with Crippen LogP contribution in [0.1, 0.15) is 6.42 Å². The van der Waals surface area contributed by atoms with Gasteiger partial charge < -0.3 is 14.2 Å². The normalized spacial score (nSPS) is 26.0. The van der Waals surface area contributed by atoms with Crippen LogP contribution in [0.3, 0.4) is 0 Å². The molecule has 1 aliphatic rings. The average Bonchev–Trinajstić information content (AvgIpc) is 2.45. The van der Waals surface area contributed by atoms with E-state index in [2.05, 4.69) is 25.0 Å². The van der Waals surface area contributed by atoms with Gasteiger partial charge in [-0.3, -0.25) is 4.79 Å². The van der Waals surface area contributed by atoms with Crippen molar-refractivity contribution in [2.75, 3.05) is 6.54 Å². The molecule has 0 aromatic carbocycles. The van der Waals surface area contributed by atoms with E-state index in [0.717, 1.165) is 13.0 Å². The molecule has 1 saturated heterocycles. The fourth-order valence-corrected chi connectivity index (χ4v) is 3.77. The van der Waals surface area contributed by atoms with Crippen LogP contribution in [0.4, 0.5) is 0 Å². The third kappa shape index (κ3) is 5.80. The zero-order chi connectivity index (χ0) is 13.3. The second-order valence-corrected chi connectivity index (χ2v) is 15.5. The smallest absolute Gasteiger partial charge is 0.309 e. The fraction of sp³-hybridized carbons (Fsp3) is 0.909. The zero-order valence-corrected chi connectivity index (χ0v) is 13.8. The van der Waals surface area contributed by atoms with E-state index in [1.165, 1.54) is 0 Å². The molecule has 17 heavy (non-hydrogen) atoms. The standard InChI is InChI=1S/C11H25NO3Si2/c1-16(2,3)14-9-7-10(12-8-9)11(13)15-17(4,5)6/h9-10,12H,7-8H2,1-6H3/t9-,10+/m1/s1. The van der Waals surface area contributed by atoms with E-state index in [4.69, 9.17) is 8.85 Å². The molecule has 0 aliphatic carbocycles. The summed E-state index contributed by atoms with van der Waals surface area (Å²) in [5.41, 5.74) is 0. The van der Waals surface area contributed by atoms with Gasteiger partial charge >= 0.3 is 5.97 Å². The maximum Gasteiger partial charge on any atom is 0.309 e. The van der Waals surface area contributed by atoms with Gasteiger partial charge in [0.05, 0.1) is 6.10 Å². The summed E-state index contributed by atoms with van der Waals surface area (Å²) in [4.78, 5) is 11.9. The Balaban J connectivity index is 2.43. The number of rotatable bonds is 4. The minimum atomic E-state index is -1.78. The molecule has 0 aromatic rings. The zero-order valence-electron chi connectivity index (χ0n) is 11.8. The number of hydrogen-bond acceptors (Lipinski definition) is 4. The summed E-state index contributed by atoms with van der Waals surface area (Å²) in [5.74, 6) is -0.106. The Morgan fingerprint density at radius 1 is 1.12 bits per heavy atom. The van der Waals surface area contributed by atoms with Crippen molar-refractivity contribution >= 4 is 22.6 Å². The Bertz CT molecular complexity index is 283. The lowest BCUT2D eigenvalue weighted by atomic mass is 10.2. The number of hydrogen-bond donors (Lipinski definition) is 1. The van der Waals surface area contributed by atoms with Crippen molar-refractivity contribution in [1.82, 2.24) is 5.32 Å². The van der Waals surface area contributed by atoms with E-state index in [0.29, 0.717) is 0 Å². The van der Waals surface area contributed by atoms with Gasteiger partial charge in [-0.05, 0) is 45.7 Å². The molecule has 0 radical (unpaired) electrons. The van der Waals surface area contributed by atoms with Crippen molar-refractivity contribution in [3.8, 4) is 0 Å². The second-order valence-electron chi connectivity index (χ2n) is 6.58. The first-order chi connectivity index (χ1) is 7.57. The quantitative estimate of drug-likeness (QED) is 0.797. The minimum Gasteiger partial charge on any atom is -0.519 e. The Morgan fingerprint density at radius 3 is 2.18 bits per heavy atom. The predicted octanol–water partition coefficient (Wildman–Crippen LogP) is 1.95. The first-order valence-electron chi connectivity index (χ1n) is 6.21. The maximum atomic E-state index is 11.9. The van der Waals surface area contributed by atoms with Crippen LogP contribution in [0.15, 0.2) is 0 Å². The third-order valence-corrected chi connectivity index (χ3v) is 4.16. The lowest BCUT2D eigenvalue weighted by molar-refractivity contribution is -0.137. The molecule has 1 N–H and O–H groups in total. The van der Waals surface area contributed by atoms with Gasteiger partial charge in [0.1, 0.15) is 6.04 Å². The first-order valence-corrected chi connectivity index (χ1v) is 13.0. The van der Waals surface area contributed by atoms with Gasteiger partial charge in [-0.25, -0.2) is 0 Å². The van der Waals surface area contributed by atoms with Crippen molar-refractivity contribution in [3.63, 3.8) is 0 Å². The number of carbonyl (C=O) groups is 1. The van der Waals surface area contributed by atoms with Gasteiger partial charge in [-0.1, -0.05) is 0 Å². The van der Waals surface area contributed by atoms with Crippen LogP contribution in [0.5, 0.6) is 0 Å². The van der Waals surface area contributed by atoms with E-state index < -0.39 is 16.6 Å². The average molecular weight is 275 g/mol. The van der Waals surface area contributed by atoms with Crippen molar-refractivity contribution in [3.05, 3.63) is 0 Å². The van der Waals surface area contributed by atoms with Crippen LogP contribution in [0.25, 0.3) is 0 Å². The van der Waals surface area contributed by atoms with Crippen molar-refractivity contribution in [2.24, 2.45) is 0 Å². The second kappa shape index (κ2) is 5.21. The van der Waals surface area contributed by atoms with Gasteiger partial charge in [-0.15, -0.1) is 0 Å². The van der Waals surface area contributed by atoms with Crippen LogP contribution in [0, 0.1) is 0 Å². The molecule has 1 aliphatic heterocycles. The molecule has 0 spiro atoms. The van der Waals surface area contributed by atoms with Gasteiger partial charge in [0.15, 0.2) is 8.32 Å². The molecule has 4 nitrogen and oxygen atoms in total. The molecular weight excluding hydrogens is 250 g/mol. The lowest BCUT2D eigenvalue weighted by Crippen LogP contribution is -2.39. The summed E-state index contributed by atoms with van der Waals surface area (Å²) in [6, 6.07) is -0.178. The number of carbonyl (C=O) groups excluding carboxylic acids is 1. The van der Waals surface area contributed by atoms with Crippen LogP contribution >= 0.6 is 0 Å². The molecule has 0 bridgehead atoms. The van der Waals surface area contributed by atoms with Crippen LogP contribution in [0.2, 0.25) is 39.3 Å². The molecule has 6 heteroatoms. The highest BCUT2D eigenvalue weighted by Crippen LogP contribution is 2.18. The van der Waals surface area contributed by atoms with E-state index in [1.54, 1.807) is 0 Å². The Hall–Kier alpha value is -0.176. The molecule has 0 aromatic heterocycles. The molecule has 2 atom stereocenters. The van der Waals surface area contributed by atoms with E-state index in [-0.39, 0.29) is 18.1 Å². The van der Waals surface area contributed by atoms with Crippen LogP contribution in [-0.2, 0) is 13.6 Å². The SMILES string of the molecule is C[Si](C)(C)OC(=O)[C@@H]1C[C@@H](O[Si](C)(C)C)CN1. The largest absolute Gasteiger partial charge is 0.519 e. The highest BCUT2D eigenvalue weighted by molar-refractivity contribution is 6.71. The molecule has 1 fully saturated rings. The molecule has 100 valence electrons. The summed E-state index contributed by atoms with van der Waals surface area (Å²) in [5, 5.41) is 3.20. The molecular formula is C11H25NO3Si2. The molecule has 0 saturated carbocycles. The Morgan fingerprint density at radius 2 is 1.71 bits per heavy atom. The van der Waals surface area contributed by atoms with E-state index in [9.17, 15) is 4.79 Å². The van der Waals surface area contributed by atoms with Crippen LogP contribution < -0.4 is 5.32 Å². The van der Waals surface area contributed by atoms with Gasteiger partial charge in [0.2, 0.25) is 8.32 Å². The molecule has 1 rings (SSSR count). The minimum absolute atomic E-state index is 0.106. The summed E-state index contributed by atoms with van der Waals surface area (Å²) in [6.07, 6.45) is 0.911. The molecule has 0 unspecified atom stereocenters. The Kier molecular flexibility index (Phi) is 4.56. The highest BCUT2D eigenvalue weighted by atomic mass is 28.4. The van der Waals surface area contributed by atoms with Gasteiger partial charge in [0, 0.05) is 6.54 Å². The van der Waals surface area contributed by atoms with Gasteiger partial charge in [-0.2, -0.15) is 0 Å². The van der Waals surface area contributed by atoms with Crippen molar-refractivity contribution < 1.29 is 13.6 Å². The third-order valence-electron chi connectivity index (χ3n) is 2.30. The summed E-state index contributed by atoms with van der Waals surface area (Å²) < 4.78 is 11.5.